The molecule has 3 aromatic rings. The molecule has 3 heterocycles. The second-order valence-electron chi connectivity index (χ2n) is 7.38. The molecule has 29 heavy (non-hydrogen) atoms. The minimum absolute atomic E-state index is 0.211. The third-order valence-electron chi connectivity index (χ3n) is 5.28. The monoisotopic (exact) mass is 402 g/mol. The molecular weight excluding hydrogens is 381 g/mol. The van der Waals surface area contributed by atoms with E-state index >= 15 is 0 Å². The quantitative estimate of drug-likeness (QED) is 0.715. The first-order valence-electron chi connectivity index (χ1n) is 9.34. The first-order chi connectivity index (χ1) is 13.7. The summed E-state index contributed by atoms with van der Waals surface area (Å²) in [5, 5.41) is 9.78. The van der Waals surface area contributed by atoms with Crippen molar-refractivity contribution < 1.29 is 18.3 Å². The van der Waals surface area contributed by atoms with E-state index in [9.17, 15) is 18.3 Å². The lowest BCUT2D eigenvalue weighted by atomic mass is 10.1. The van der Waals surface area contributed by atoms with Crippen molar-refractivity contribution in [3.63, 3.8) is 0 Å². The first kappa shape index (κ1) is 19.4. The molecule has 1 N–H and O–H groups in total. The molecule has 0 fully saturated rings. The molecule has 0 saturated carbocycles. The van der Waals surface area contributed by atoms with Gasteiger partial charge in [0.1, 0.15) is 5.75 Å². The summed E-state index contributed by atoms with van der Waals surface area (Å²) in [7, 11) is 0. The number of nitrogens with zero attached hydrogens (tertiary/aromatic N) is 4. The van der Waals surface area contributed by atoms with Crippen LogP contribution in [-0.4, -0.2) is 31.1 Å². The maximum Gasteiger partial charge on any atom is 0.451 e. The van der Waals surface area contributed by atoms with E-state index in [0.717, 1.165) is 28.2 Å². The molecule has 0 unspecified atom stereocenters. The van der Waals surface area contributed by atoms with Gasteiger partial charge in [0.05, 0.1) is 5.69 Å². The van der Waals surface area contributed by atoms with Crippen LogP contribution in [0.4, 0.5) is 13.2 Å². The Kier molecular flexibility index (Phi) is 4.82. The van der Waals surface area contributed by atoms with E-state index in [0.29, 0.717) is 31.7 Å². The van der Waals surface area contributed by atoms with Crippen molar-refractivity contribution in [2.24, 2.45) is 0 Å². The Hall–Kier alpha value is -2.87. The number of fused-ring (bicyclic) bond motifs is 1. The highest BCUT2D eigenvalue weighted by Crippen LogP contribution is 2.29. The molecule has 0 radical (unpaired) electrons. The van der Waals surface area contributed by atoms with Gasteiger partial charge in [0.2, 0.25) is 5.82 Å². The van der Waals surface area contributed by atoms with Crippen molar-refractivity contribution in [2.45, 2.75) is 39.5 Å². The largest absolute Gasteiger partial charge is 0.508 e. The van der Waals surface area contributed by atoms with Gasteiger partial charge >= 0.3 is 6.18 Å². The molecule has 152 valence electrons. The van der Waals surface area contributed by atoms with Crippen molar-refractivity contribution in [3.8, 4) is 11.4 Å². The van der Waals surface area contributed by atoms with Crippen LogP contribution in [0.2, 0.25) is 0 Å². The van der Waals surface area contributed by atoms with Crippen LogP contribution in [0, 0.1) is 13.8 Å². The molecule has 0 aliphatic carbocycles. The van der Waals surface area contributed by atoms with Gasteiger partial charge in [-0.25, -0.2) is 9.97 Å². The third-order valence-corrected chi connectivity index (χ3v) is 5.28. The minimum Gasteiger partial charge on any atom is -0.508 e. The molecule has 0 bridgehead atoms. The number of hydrogen-bond donors (Lipinski definition) is 1. The van der Waals surface area contributed by atoms with Crippen LogP contribution in [0.25, 0.3) is 5.69 Å². The molecule has 1 aromatic carbocycles. The maximum absolute atomic E-state index is 12.8. The zero-order chi connectivity index (χ0) is 20.8. The molecule has 1 aliphatic heterocycles. The Balaban J connectivity index is 1.55. The summed E-state index contributed by atoms with van der Waals surface area (Å²) in [5.41, 5.74) is 5.38. The van der Waals surface area contributed by atoms with Crippen LogP contribution in [-0.2, 0) is 25.7 Å². The summed E-state index contributed by atoms with van der Waals surface area (Å²) in [6.45, 7) is 5.88. The Labute approximate surface area is 166 Å². The van der Waals surface area contributed by atoms with E-state index in [4.69, 9.17) is 0 Å². The SMILES string of the molecule is Cc1cc(CN2CCc3nc(C(F)(F)F)ncc3C2)c(C)n1-c1cccc(O)c1. The zero-order valence-electron chi connectivity index (χ0n) is 16.2. The van der Waals surface area contributed by atoms with Crippen LogP contribution in [0.3, 0.4) is 0 Å². The molecule has 4 rings (SSSR count). The average Bonchev–Trinajstić information content (AvgIpc) is 2.93. The summed E-state index contributed by atoms with van der Waals surface area (Å²) in [6, 6.07) is 9.21. The fraction of sp³-hybridized carbons (Fsp3) is 0.333. The molecule has 1 aliphatic rings. The highest BCUT2D eigenvalue weighted by Gasteiger charge is 2.35. The average molecular weight is 402 g/mol. The fourth-order valence-electron chi connectivity index (χ4n) is 3.91. The number of hydrogen-bond acceptors (Lipinski definition) is 4. The number of benzene rings is 1. The number of aromatic hydroxyl groups is 1. The topological polar surface area (TPSA) is 54.2 Å². The lowest BCUT2D eigenvalue weighted by Gasteiger charge is -2.28. The molecule has 0 saturated heterocycles. The fourth-order valence-corrected chi connectivity index (χ4v) is 3.91. The van der Waals surface area contributed by atoms with Crippen LogP contribution in [0.1, 0.15) is 34.0 Å². The lowest BCUT2D eigenvalue weighted by Crippen LogP contribution is -2.31. The summed E-state index contributed by atoms with van der Waals surface area (Å²) < 4.78 is 40.5. The van der Waals surface area contributed by atoms with Gasteiger partial charge in [0.25, 0.3) is 0 Å². The minimum atomic E-state index is -4.52. The van der Waals surface area contributed by atoms with Crippen molar-refractivity contribution in [1.82, 2.24) is 19.4 Å². The Morgan fingerprint density at radius 3 is 2.69 bits per heavy atom. The van der Waals surface area contributed by atoms with Crippen LogP contribution >= 0.6 is 0 Å². The Bertz CT molecular complexity index is 1060. The highest BCUT2D eigenvalue weighted by molar-refractivity contribution is 5.44. The number of phenols is 1. The predicted molar refractivity (Wildman–Crippen MR) is 102 cm³/mol. The normalized spacial score (nSPS) is 14.8. The molecule has 5 nitrogen and oxygen atoms in total. The Morgan fingerprint density at radius 2 is 1.97 bits per heavy atom. The van der Waals surface area contributed by atoms with Gasteiger partial charge in [0.15, 0.2) is 0 Å². The second kappa shape index (κ2) is 7.18. The number of rotatable bonds is 3. The van der Waals surface area contributed by atoms with Gasteiger partial charge in [-0.1, -0.05) is 6.07 Å². The van der Waals surface area contributed by atoms with Gasteiger partial charge in [-0.15, -0.1) is 0 Å². The van der Waals surface area contributed by atoms with Gasteiger partial charge in [-0.3, -0.25) is 4.90 Å². The van der Waals surface area contributed by atoms with Crippen molar-refractivity contribution >= 4 is 0 Å². The van der Waals surface area contributed by atoms with E-state index in [1.807, 2.05) is 19.9 Å². The number of aryl methyl sites for hydroxylation is 1. The standard InChI is InChI=1S/C21H21F3N4O/c1-13-8-15(14(2)28(13)17-4-3-5-18(29)9-17)11-27-7-6-19-16(12-27)10-25-20(26-19)21(22,23)24/h3-5,8-10,29H,6-7,11-12H2,1-2H3. The van der Waals surface area contributed by atoms with Crippen molar-refractivity contribution in [3.05, 3.63) is 70.6 Å². The van der Waals surface area contributed by atoms with Crippen molar-refractivity contribution in [2.75, 3.05) is 6.54 Å². The predicted octanol–water partition coefficient (Wildman–Crippen LogP) is 4.17. The number of aromatic nitrogens is 3. The van der Waals surface area contributed by atoms with Crippen LogP contribution < -0.4 is 0 Å². The van der Waals surface area contributed by atoms with E-state index in [-0.39, 0.29) is 5.75 Å². The van der Waals surface area contributed by atoms with Gasteiger partial charge in [-0.2, -0.15) is 13.2 Å². The number of halogens is 3. The van der Waals surface area contributed by atoms with E-state index in [1.165, 1.54) is 6.20 Å². The summed E-state index contributed by atoms with van der Waals surface area (Å²) >= 11 is 0. The highest BCUT2D eigenvalue weighted by atomic mass is 19.4. The third kappa shape index (κ3) is 3.85. The van der Waals surface area contributed by atoms with Gasteiger partial charge < -0.3 is 9.67 Å². The molecule has 0 atom stereocenters. The smallest absolute Gasteiger partial charge is 0.451 e. The van der Waals surface area contributed by atoms with Gasteiger partial charge in [-0.05, 0) is 37.6 Å². The van der Waals surface area contributed by atoms with Gasteiger partial charge in [0, 0.05) is 61.0 Å². The summed E-state index contributed by atoms with van der Waals surface area (Å²) in [4.78, 5) is 9.41. The summed E-state index contributed by atoms with van der Waals surface area (Å²) in [6.07, 6.45) is -2.75. The second-order valence-corrected chi connectivity index (χ2v) is 7.38. The summed E-state index contributed by atoms with van der Waals surface area (Å²) in [5.74, 6) is -0.859. The first-order valence-corrected chi connectivity index (χ1v) is 9.34. The molecular formula is C21H21F3N4O. The molecule has 8 heteroatoms. The number of alkyl halides is 3. The molecule has 0 amide bonds. The zero-order valence-corrected chi connectivity index (χ0v) is 16.2. The van der Waals surface area contributed by atoms with E-state index < -0.39 is 12.0 Å². The van der Waals surface area contributed by atoms with E-state index in [2.05, 4.69) is 25.5 Å². The molecule has 2 aromatic heterocycles. The molecule has 0 spiro atoms. The van der Waals surface area contributed by atoms with Crippen molar-refractivity contribution in [1.29, 1.82) is 0 Å². The van der Waals surface area contributed by atoms with Crippen LogP contribution in [0.5, 0.6) is 5.75 Å². The maximum atomic E-state index is 12.8. The van der Waals surface area contributed by atoms with Crippen LogP contribution in [0.15, 0.2) is 36.5 Å². The lowest BCUT2D eigenvalue weighted by molar-refractivity contribution is -0.145. The number of phenolic OH excluding ortho intramolecular Hbond substituents is 1. The Morgan fingerprint density at radius 1 is 1.17 bits per heavy atom. The van der Waals surface area contributed by atoms with E-state index in [1.54, 1.807) is 18.2 Å².